The zero-order chi connectivity index (χ0) is 13.8. The van der Waals surface area contributed by atoms with Gasteiger partial charge in [0.15, 0.2) is 0 Å². The van der Waals surface area contributed by atoms with Crippen LogP contribution in [0.4, 0.5) is 0 Å². The Morgan fingerprint density at radius 1 is 1.05 bits per heavy atom. The van der Waals surface area contributed by atoms with E-state index in [0.717, 1.165) is 29.7 Å². The number of hydrogen-bond donors (Lipinski definition) is 1. The van der Waals surface area contributed by atoms with Gasteiger partial charge in [-0.3, -0.25) is 4.79 Å². The number of carbonyl (C=O) groups is 1. The van der Waals surface area contributed by atoms with Gasteiger partial charge in [0.1, 0.15) is 12.0 Å². The van der Waals surface area contributed by atoms with Crippen molar-refractivity contribution in [2.24, 2.45) is 0 Å². The molecule has 0 radical (unpaired) electrons. The van der Waals surface area contributed by atoms with Gasteiger partial charge >= 0.3 is 0 Å². The van der Waals surface area contributed by atoms with E-state index in [1.807, 2.05) is 24.3 Å². The number of ether oxygens (including phenoxy) is 1. The monoisotopic (exact) mass is 265 g/mol. The highest BCUT2D eigenvalue weighted by Gasteiger charge is 2.00. The summed E-state index contributed by atoms with van der Waals surface area (Å²) in [5.74, 6) is 0.784. The molecular formula is C17H15NO2. The van der Waals surface area contributed by atoms with Gasteiger partial charge in [-0.2, -0.15) is 0 Å². The third-order valence-electron chi connectivity index (χ3n) is 3.24. The molecule has 0 fully saturated rings. The van der Waals surface area contributed by atoms with E-state index < -0.39 is 0 Å². The van der Waals surface area contributed by atoms with Crippen molar-refractivity contribution in [1.82, 2.24) is 4.98 Å². The topological polar surface area (TPSA) is 42.1 Å². The van der Waals surface area contributed by atoms with Crippen LogP contribution in [0, 0.1) is 0 Å². The van der Waals surface area contributed by atoms with E-state index in [1.54, 1.807) is 12.1 Å². The lowest BCUT2D eigenvalue weighted by molar-refractivity contribution is 0.112. The van der Waals surface area contributed by atoms with Crippen LogP contribution in [-0.4, -0.2) is 17.9 Å². The van der Waals surface area contributed by atoms with Crippen LogP contribution in [0.5, 0.6) is 5.75 Å². The van der Waals surface area contributed by atoms with E-state index in [-0.39, 0.29) is 0 Å². The lowest BCUT2D eigenvalue weighted by atomic mass is 10.2. The summed E-state index contributed by atoms with van der Waals surface area (Å²) >= 11 is 0. The first-order valence-corrected chi connectivity index (χ1v) is 6.60. The number of hydrogen-bond acceptors (Lipinski definition) is 2. The molecule has 0 aliphatic rings. The van der Waals surface area contributed by atoms with Crippen molar-refractivity contribution in [3.63, 3.8) is 0 Å². The third-order valence-corrected chi connectivity index (χ3v) is 3.24. The molecule has 1 aromatic heterocycles. The number of benzene rings is 2. The number of nitrogens with one attached hydrogen (secondary N) is 1. The summed E-state index contributed by atoms with van der Waals surface area (Å²) in [7, 11) is 0. The largest absolute Gasteiger partial charge is 0.493 e. The van der Waals surface area contributed by atoms with Crippen LogP contribution in [0.2, 0.25) is 0 Å². The van der Waals surface area contributed by atoms with Crippen LogP contribution < -0.4 is 4.74 Å². The summed E-state index contributed by atoms with van der Waals surface area (Å²) in [4.78, 5) is 13.9. The van der Waals surface area contributed by atoms with Gasteiger partial charge < -0.3 is 9.72 Å². The van der Waals surface area contributed by atoms with Crippen molar-refractivity contribution in [3.8, 4) is 5.75 Å². The number of fused-ring (bicyclic) bond motifs is 1. The molecule has 3 rings (SSSR count). The maximum Gasteiger partial charge on any atom is 0.150 e. The molecule has 20 heavy (non-hydrogen) atoms. The van der Waals surface area contributed by atoms with Crippen LogP contribution in [0.3, 0.4) is 0 Å². The number of aromatic nitrogens is 1. The van der Waals surface area contributed by atoms with E-state index in [2.05, 4.69) is 23.2 Å². The fourth-order valence-corrected chi connectivity index (χ4v) is 2.19. The average Bonchev–Trinajstić information content (AvgIpc) is 2.90. The highest BCUT2D eigenvalue weighted by Crippen LogP contribution is 2.16. The minimum absolute atomic E-state index is 0.604. The first-order valence-electron chi connectivity index (χ1n) is 6.60. The molecule has 2 aromatic carbocycles. The van der Waals surface area contributed by atoms with Crippen molar-refractivity contribution in [1.29, 1.82) is 0 Å². The molecular weight excluding hydrogens is 250 g/mol. The molecule has 0 atom stereocenters. The van der Waals surface area contributed by atoms with Gasteiger partial charge in [-0.25, -0.2) is 0 Å². The van der Waals surface area contributed by atoms with Gasteiger partial charge in [-0.05, 0) is 41.8 Å². The summed E-state index contributed by atoms with van der Waals surface area (Å²) in [5.41, 5.74) is 2.97. The van der Waals surface area contributed by atoms with E-state index >= 15 is 0 Å². The van der Waals surface area contributed by atoms with Crippen LogP contribution in [-0.2, 0) is 6.42 Å². The number of aldehydes is 1. The Morgan fingerprint density at radius 3 is 2.60 bits per heavy atom. The van der Waals surface area contributed by atoms with Crippen molar-refractivity contribution in [2.75, 3.05) is 6.61 Å². The Hall–Kier alpha value is -2.55. The quantitative estimate of drug-likeness (QED) is 0.716. The molecule has 3 heteroatoms. The predicted molar refractivity (Wildman–Crippen MR) is 79.3 cm³/mol. The maximum absolute atomic E-state index is 10.6. The lowest BCUT2D eigenvalue weighted by Crippen LogP contribution is -2.01. The van der Waals surface area contributed by atoms with Gasteiger partial charge in [0.05, 0.1) is 6.61 Å². The van der Waals surface area contributed by atoms with Crippen molar-refractivity contribution in [2.45, 2.75) is 6.42 Å². The second-order valence-electron chi connectivity index (χ2n) is 4.67. The molecule has 3 aromatic rings. The predicted octanol–water partition coefficient (Wildman–Crippen LogP) is 3.60. The lowest BCUT2D eigenvalue weighted by Gasteiger charge is -2.05. The van der Waals surface area contributed by atoms with Crippen molar-refractivity contribution in [3.05, 3.63) is 65.9 Å². The van der Waals surface area contributed by atoms with Gasteiger partial charge in [0, 0.05) is 23.2 Å². The molecule has 0 aliphatic carbocycles. The summed E-state index contributed by atoms with van der Waals surface area (Å²) < 4.78 is 5.67. The molecule has 3 nitrogen and oxygen atoms in total. The molecule has 1 N–H and O–H groups in total. The molecule has 0 spiro atoms. The highest BCUT2D eigenvalue weighted by molar-refractivity contribution is 5.80. The van der Waals surface area contributed by atoms with E-state index in [1.165, 1.54) is 5.39 Å². The molecule has 1 heterocycles. The number of rotatable bonds is 5. The summed E-state index contributed by atoms with van der Waals surface area (Å²) in [6.07, 6.45) is 1.65. The minimum atomic E-state index is 0.604. The van der Waals surface area contributed by atoms with E-state index in [4.69, 9.17) is 4.74 Å². The number of para-hydroxylation sites is 1. The molecule has 0 saturated carbocycles. The van der Waals surface area contributed by atoms with Crippen LogP contribution in [0.25, 0.3) is 10.9 Å². The number of carbonyl (C=O) groups excluding carboxylic acids is 1. The SMILES string of the molecule is O=Cc1ccc(OCCc2cc3ccccc3[nH]2)cc1. The molecule has 0 amide bonds. The van der Waals surface area contributed by atoms with Crippen LogP contribution >= 0.6 is 0 Å². The van der Waals surface area contributed by atoms with Crippen LogP contribution in [0.1, 0.15) is 16.1 Å². The molecule has 0 unspecified atom stereocenters. The third kappa shape index (κ3) is 2.72. The molecule has 0 saturated heterocycles. The molecule has 0 aliphatic heterocycles. The van der Waals surface area contributed by atoms with Crippen LogP contribution in [0.15, 0.2) is 54.6 Å². The summed E-state index contributed by atoms with van der Waals surface area (Å²) in [5, 5.41) is 1.22. The van der Waals surface area contributed by atoms with Gasteiger partial charge in [0.2, 0.25) is 0 Å². The van der Waals surface area contributed by atoms with E-state index in [0.29, 0.717) is 12.2 Å². The fraction of sp³-hybridized carbons (Fsp3) is 0.118. The molecule has 100 valence electrons. The normalized spacial score (nSPS) is 10.6. The van der Waals surface area contributed by atoms with E-state index in [9.17, 15) is 4.79 Å². The standard InChI is InChI=1S/C17H15NO2/c19-12-13-5-7-16(8-6-13)20-10-9-15-11-14-3-1-2-4-17(14)18-15/h1-8,11-12,18H,9-10H2. The Labute approximate surface area is 117 Å². The first-order chi connectivity index (χ1) is 9.85. The Balaban J connectivity index is 1.60. The highest BCUT2D eigenvalue weighted by atomic mass is 16.5. The number of H-pyrrole nitrogens is 1. The first kappa shape index (κ1) is 12.5. The fourth-order valence-electron chi connectivity index (χ4n) is 2.19. The maximum atomic E-state index is 10.6. The minimum Gasteiger partial charge on any atom is -0.493 e. The van der Waals surface area contributed by atoms with Gasteiger partial charge in [-0.15, -0.1) is 0 Å². The molecule has 0 bridgehead atoms. The second kappa shape index (κ2) is 5.61. The number of aromatic amines is 1. The van der Waals surface area contributed by atoms with Gasteiger partial charge in [-0.1, -0.05) is 18.2 Å². The Bertz CT molecular complexity index is 680. The average molecular weight is 265 g/mol. The summed E-state index contributed by atoms with van der Waals surface area (Å²) in [6, 6.07) is 17.5. The second-order valence-corrected chi connectivity index (χ2v) is 4.67. The van der Waals surface area contributed by atoms with Gasteiger partial charge in [0.25, 0.3) is 0 Å². The zero-order valence-electron chi connectivity index (χ0n) is 11.0. The Morgan fingerprint density at radius 2 is 1.85 bits per heavy atom. The Kier molecular flexibility index (Phi) is 3.50. The van der Waals surface area contributed by atoms with Crippen molar-refractivity contribution >= 4 is 17.2 Å². The summed E-state index contributed by atoms with van der Waals surface area (Å²) in [6.45, 7) is 0.604. The smallest absolute Gasteiger partial charge is 0.150 e. The zero-order valence-corrected chi connectivity index (χ0v) is 11.0. The van der Waals surface area contributed by atoms with Crippen molar-refractivity contribution < 1.29 is 9.53 Å².